The number of hydrogen-bond acceptors (Lipinski definition) is 10. The largest absolute Gasteiger partial charge is 0.381 e. The predicted octanol–water partition coefficient (Wildman–Crippen LogP) is 1.80. The number of nitrogens with one attached hydrogen (secondary N) is 3. The summed E-state index contributed by atoms with van der Waals surface area (Å²) in [5, 5.41) is 7.08. The van der Waals surface area contributed by atoms with Gasteiger partial charge in [-0.3, -0.25) is 14.2 Å². The number of fused-ring (bicyclic) bond motifs is 1. The van der Waals surface area contributed by atoms with Gasteiger partial charge in [0.2, 0.25) is 11.9 Å². The molecule has 0 spiro atoms. The number of amides is 1. The van der Waals surface area contributed by atoms with Crippen LogP contribution in [0.1, 0.15) is 31.7 Å². The van der Waals surface area contributed by atoms with Crippen molar-refractivity contribution in [3.8, 4) is 11.1 Å². The minimum Gasteiger partial charge on any atom is -0.381 e. The molecule has 39 heavy (non-hydrogen) atoms. The SMILES string of the molecule is CC1N=C(c2ccc(-c3cc4cnc(NC5CCOCC5)nc4n(CC(=O)NCCCN)c3=O)c(Cl)c2)NO1. The van der Waals surface area contributed by atoms with Gasteiger partial charge >= 0.3 is 0 Å². The van der Waals surface area contributed by atoms with Crippen molar-refractivity contribution in [2.75, 3.05) is 31.6 Å². The number of anilines is 1. The van der Waals surface area contributed by atoms with Crippen LogP contribution < -0.4 is 27.4 Å². The Balaban J connectivity index is 1.54. The third-order valence-corrected chi connectivity index (χ3v) is 6.87. The molecule has 1 aromatic carbocycles. The van der Waals surface area contributed by atoms with Crippen LogP contribution in [0.25, 0.3) is 22.2 Å². The number of carbonyl (C=O) groups is 1. The third kappa shape index (κ3) is 6.19. The van der Waals surface area contributed by atoms with Gasteiger partial charge in [-0.15, -0.1) is 0 Å². The Morgan fingerprint density at radius 2 is 2.08 bits per heavy atom. The summed E-state index contributed by atoms with van der Waals surface area (Å²) in [5.41, 5.74) is 9.84. The van der Waals surface area contributed by atoms with Gasteiger partial charge in [-0.05, 0) is 44.9 Å². The van der Waals surface area contributed by atoms with Crippen molar-refractivity contribution in [3.63, 3.8) is 0 Å². The molecule has 4 heterocycles. The lowest BCUT2D eigenvalue weighted by Gasteiger charge is -2.23. The Kier molecular flexibility index (Phi) is 8.36. The van der Waals surface area contributed by atoms with Crippen LogP contribution in [-0.4, -0.2) is 64.9 Å². The molecule has 1 unspecified atom stereocenters. The van der Waals surface area contributed by atoms with Gasteiger partial charge in [0.15, 0.2) is 12.1 Å². The fourth-order valence-electron chi connectivity index (χ4n) is 4.51. The van der Waals surface area contributed by atoms with Crippen molar-refractivity contribution in [2.24, 2.45) is 10.7 Å². The highest BCUT2D eigenvalue weighted by Crippen LogP contribution is 2.29. The molecule has 0 saturated carbocycles. The number of nitrogens with zero attached hydrogens (tertiary/aromatic N) is 4. The maximum absolute atomic E-state index is 13.8. The molecule has 206 valence electrons. The smallest absolute Gasteiger partial charge is 0.260 e. The number of hydroxylamine groups is 1. The number of benzene rings is 1. The second-order valence-electron chi connectivity index (χ2n) is 9.44. The molecule has 13 heteroatoms. The zero-order valence-electron chi connectivity index (χ0n) is 21.6. The van der Waals surface area contributed by atoms with E-state index in [0.29, 0.717) is 71.7 Å². The Hall–Kier alpha value is -3.58. The number of aromatic nitrogens is 3. The van der Waals surface area contributed by atoms with E-state index in [1.54, 1.807) is 30.5 Å². The summed E-state index contributed by atoms with van der Waals surface area (Å²) in [6.45, 7) is 3.80. The van der Waals surface area contributed by atoms with Crippen LogP contribution in [0.5, 0.6) is 0 Å². The van der Waals surface area contributed by atoms with Crippen LogP contribution in [0.2, 0.25) is 5.02 Å². The topological polar surface area (TPSA) is 158 Å². The molecule has 1 fully saturated rings. The number of hydrogen-bond donors (Lipinski definition) is 4. The van der Waals surface area contributed by atoms with E-state index >= 15 is 0 Å². The standard InChI is InChI=1S/C26H31ClN8O4/c1-15-31-23(34-39-15)16-3-4-19(21(27)12-16)20-11-17-13-30-26(32-18-5-9-38-10-6-18)33-24(17)35(25(20)37)14-22(36)29-8-2-7-28/h3-4,11-13,15,18H,2,5-10,14,28H2,1H3,(H,29,36)(H,31,34)(H,30,32,33). The Bertz CT molecular complexity index is 1450. The van der Waals surface area contributed by atoms with Crippen molar-refractivity contribution in [2.45, 2.75) is 45.0 Å². The van der Waals surface area contributed by atoms with E-state index in [-0.39, 0.29) is 24.7 Å². The first-order valence-electron chi connectivity index (χ1n) is 12.9. The van der Waals surface area contributed by atoms with Gasteiger partial charge in [-0.25, -0.2) is 20.3 Å². The molecule has 5 rings (SSSR count). The monoisotopic (exact) mass is 554 g/mol. The molecule has 1 amide bonds. The van der Waals surface area contributed by atoms with Gasteiger partial charge in [0.1, 0.15) is 12.2 Å². The molecule has 2 aliphatic heterocycles. The number of amidine groups is 1. The highest BCUT2D eigenvalue weighted by Gasteiger charge is 2.21. The second kappa shape index (κ2) is 12.1. The molecule has 0 radical (unpaired) electrons. The maximum Gasteiger partial charge on any atom is 0.260 e. The van der Waals surface area contributed by atoms with Gasteiger partial charge < -0.3 is 21.1 Å². The Morgan fingerprint density at radius 3 is 2.79 bits per heavy atom. The Labute approximate surface area is 229 Å². The molecular weight excluding hydrogens is 524 g/mol. The summed E-state index contributed by atoms with van der Waals surface area (Å²) >= 11 is 6.66. The lowest BCUT2D eigenvalue weighted by atomic mass is 10.0. The van der Waals surface area contributed by atoms with E-state index in [9.17, 15) is 9.59 Å². The van der Waals surface area contributed by atoms with E-state index < -0.39 is 5.56 Å². The predicted molar refractivity (Wildman–Crippen MR) is 149 cm³/mol. The molecular formula is C26H31ClN8O4. The summed E-state index contributed by atoms with van der Waals surface area (Å²) < 4.78 is 6.79. The quantitative estimate of drug-likeness (QED) is 0.289. The van der Waals surface area contributed by atoms with Gasteiger partial charge in [-0.1, -0.05) is 23.7 Å². The second-order valence-corrected chi connectivity index (χ2v) is 9.84. The molecule has 0 bridgehead atoms. The Morgan fingerprint density at radius 1 is 1.26 bits per heavy atom. The first-order chi connectivity index (χ1) is 18.9. The van der Waals surface area contributed by atoms with Gasteiger partial charge in [-0.2, -0.15) is 4.98 Å². The third-order valence-electron chi connectivity index (χ3n) is 6.56. The molecule has 3 aromatic rings. The highest BCUT2D eigenvalue weighted by atomic mass is 35.5. The van der Waals surface area contributed by atoms with E-state index in [4.69, 9.17) is 26.9 Å². The summed E-state index contributed by atoms with van der Waals surface area (Å²) in [6.07, 6.45) is 3.63. The van der Waals surface area contributed by atoms with Crippen molar-refractivity contribution < 1.29 is 14.4 Å². The maximum atomic E-state index is 13.8. The number of aliphatic imine (C=N–C) groups is 1. The van der Waals surface area contributed by atoms with Gasteiger partial charge in [0, 0.05) is 59.1 Å². The van der Waals surface area contributed by atoms with Crippen LogP contribution >= 0.6 is 11.6 Å². The normalized spacial score (nSPS) is 17.6. The molecule has 1 atom stereocenters. The van der Waals surface area contributed by atoms with E-state index in [1.807, 2.05) is 6.92 Å². The zero-order chi connectivity index (χ0) is 27.4. The average Bonchev–Trinajstić information content (AvgIpc) is 3.37. The van der Waals surface area contributed by atoms with E-state index in [2.05, 4.69) is 31.1 Å². The summed E-state index contributed by atoms with van der Waals surface area (Å²) in [6, 6.07) is 7.14. The number of pyridine rings is 1. The molecule has 2 aliphatic rings. The van der Waals surface area contributed by atoms with Crippen molar-refractivity contribution in [3.05, 3.63) is 51.4 Å². The lowest BCUT2D eigenvalue weighted by molar-refractivity contribution is -0.121. The van der Waals surface area contributed by atoms with Crippen molar-refractivity contribution in [1.29, 1.82) is 0 Å². The molecule has 1 saturated heterocycles. The van der Waals surface area contributed by atoms with Crippen molar-refractivity contribution >= 4 is 40.3 Å². The lowest BCUT2D eigenvalue weighted by Crippen LogP contribution is -2.34. The molecule has 2 aromatic heterocycles. The molecule has 0 aliphatic carbocycles. The first-order valence-corrected chi connectivity index (χ1v) is 13.3. The number of nitrogens with two attached hydrogens (primary N) is 1. The van der Waals surface area contributed by atoms with E-state index in [0.717, 1.165) is 18.4 Å². The average molecular weight is 555 g/mol. The fraction of sp³-hybridized carbons (Fsp3) is 0.423. The van der Waals surface area contributed by atoms with Crippen LogP contribution in [0.4, 0.5) is 5.95 Å². The van der Waals surface area contributed by atoms with Gasteiger partial charge in [0.05, 0.1) is 0 Å². The zero-order valence-corrected chi connectivity index (χ0v) is 22.3. The number of rotatable bonds is 9. The molecule has 5 N–H and O–H groups in total. The van der Waals surface area contributed by atoms with Gasteiger partial charge in [0.25, 0.3) is 5.56 Å². The summed E-state index contributed by atoms with van der Waals surface area (Å²) in [7, 11) is 0. The summed E-state index contributed by atoms with van der Waals surface area (Å²) in [4.78, 5) is 45.4. The molecule has 12 nitrogen and oxygen atoms in total. The minimum absolute atomic E-state index is 0.167. The van der Waals surface area contributed by atoms with Crippen LogP contribution in [0.3, 0.4) is 0 Å². The van der Waals surface area contributed by atoms with E-state index in [1.165, 1.54) is 4.57 Å². The number of halogens is 1. The summed E-state index contributed by atoms with van der Waals surface area (Å²) in [5.74, 6) is 0.629. The van der Waals surface area contributed by atoms with Crippen LogP contribution in [0, 0.1) is 0 Å². The highest BCUT2D eigenvalue weighted by molar-refractivity contribution is 6.33. The first kappa shape index (κ1) is 27.0. The van der Waals surface area contributed by atoms with Crippen LogP contribution in [-0.2, 0) is 20.9 Å². The van der Waals surface area contributed by atoms with Crippen LogP contribution in [0.15, 0.2) is 40.2 Å². The fourth-order valence-corrected chi connectivity index (χ4v) is 4.79. The van der Waals surface area contributed by atoms with Crippen molar-refractivity contribution in [1.82, 2.24) is 25.3 Å². The number of ether oxygens (including phenoxy) is 1. The number of carbonyl (C=O) groups excluding carboxylic acids is 1. The minimum atomic E-state index is -0.393.